The fourth-order valence-corrected chi connectivity index (χ4v) is 2.41. The molecule has 1 heterocycles. The standard InChI is InChI=1S/C12H21N3/c1-8-4-5-11-10(6-8)14-12(15(11)3)7-9(2)13/h8-9H,4-7,13H2,1-3H3. The van der Waals surface area contributed by atoms with Crippen molar-refractivity contribution in [3.05, 3.63) is 17.2 Å². The molecule has 1 aliphatic rings. The Morgan fingerprint density at radius 2 is 2.33 bits per heavy atom. The van der Waals surface area contributed by atoms with Gasteiger partial charge in [0.2, 0.25) is 0 Å². The van der Waals surface area contributed by atoms with Crippen molar-refractivity contribution in [2.45, 2.75) is 45.6 Å². The maximum atomic E-state index is 5.83. The van der Waals surface area contributed by atoms with Gasteiger partial charge in [0.15, 0.2) is 0 Å². The molecule has 3 heteroatoms. The van der Waals surface area contributed by atoms with E-state index in [1.54, 1.807) is 0 Å². The minimum atomic E-state index is 0.199. The van der Waals surface area contributed by atoms with Crippen molar-refractivity contribution in [2.75, 3.05) is 0 Å². The Labute approximate surface area is 91.7 Å². The molecule has 0 bridgehead atoms. The first kappa shape index (κ1) is 10.7. The van der Waals surface area contributed by atoms with Crippen molar-refractivity contribution in [2.24, 2.45) is 18.7 Å². The van der Waals surface area contributed by atoms with Crippen LogP contribution < -0.4 is 5.73 Å². The van der Waals surface area contributed by atoms with E-state index in [-0.39, 0.29) is 6.04 Å². The lowest BCUT2D eigenvalue weighted by Gasteiger charge is -2.17. The maximum Gasteiger partial charge on any atom is 0.110 e. The number of hydrogen-bond donors (Lipinski definition) is 1. The Kier molecular flexibility index (Phi) is 2.83. The lowest BCUT2D eigenvalue weighted by atomic mass is 9.91. The number of nitrogens with zero attached hydrogens (tertiary/aromatic N) is 2. The van der Waals surface area contributed by atoms with Gasteiger partial charge in [-0.15, -0.1) is 0 Å². The highest BCUT2D eigenvalue weighted by Crippen LogP contribution is 2.25. The van der Waals surface area contributed by atoms with E-state index in [1.807, 2.05) is 6.92 Å². The van der Waals surface area contributed by atoms with Gasteiger partial charge in [0.25, 0.3) is 0 Å². The molecule has 84 valence electrons. The van der Waals surface area contributed by atoms with Gasteiger partial charge >= 0.3 is 0 Å². The van der Waals surface area contributed by atoms with E-state index < -0.39 is 0 Å². The van der Waals surface area contributed by atoms with E-state index in [0.717, 1.165) is 24.6 Å². The molecule has 0 aliphatic heterocycles. The average molecular weight is 207 g/mol. The van der Waals surface area contributed by atoms with Gasteiger partial charge in [-0.1, -0.05) is 6.92 Å². The molecule has 0 aromatic carbocycles. The Morgan fingerprint density at radius 3 is 3.00 bits per heavy atom. The van der Waals surface area contributed by atoms with Crippen molar-refractivity contribution >= 4 is 0 Å². The normalized spacial score (nSPS) is 22.5. The quantitative estimate of drug-likeness (QED) is 0.797. The molecule has 0 saturated carbocycles. The van der Waals surface area contributed by atoms with Crippen LogP contribution >= 0.6 is 0 Å². The van der Waals surface area contributed by atoms with Crippen molar-refractivity contribution < 1.29 is 0 Å². The minimum Gasteiger partial charge on any atom is -0.335 e. The first-order valence-corrected chi connectivity index (χ1v) is 5.87. The molecule has 1 aromatic rings. The summed E-state index contributed by atoms with van der Waals surface area (Å²) in [5.74, 6) is 1.94. The summed E-state index contributed by atoms with van der Waals surface area (Å²) in [6.07, 6.45) is 4.50. The monoisotopic (exact) mass is 207 g/mol. The first-order valence-electron chi connectivity index (χ1n) is 5.87. The van der Waals surface area contributed by atoms with Crippen LogP contribution in [0.4, 0.5) is 0 Å². The van der Waals surface area contributed by atoms with E-state index in [0.29, 0.717) is 0 Å². The van der Waals surface area contributed by atoms with Crippen LogP contribution in [0, 0.1) is 5.92 Å². The van der Waals surface area contributed by atoms with Crippen LogP contribution in [0.5, 0.6) is 0 Å². The SMILES string of the molecule is CC(N)Cc1nc2c(n1C)CCC(C)C2. The van der Waals surface area contributed by atoms with Gasteiger partial charge in [-0.05, 0) is 32.1 Å². The van der Waals surface area contributed by atoms with Crippen LogP contribution in [0.15, 0.2) is 0 Å². The van der Waals surface area contributed by atoms with Gasteiger partial charge < -0.3 is 10.3 Å². The Balaban J connectivity index is 2.28. The zero-order valence-corrected chi connectivity index (χ0v) is 9.95. The van der Waals surface area contributed by atoms with E-state index in [1.165, 1.54) is 24.2 Å². The number of aromatic nitrogens is 2. The predicted molar refractivity (Wildman–Crippen MR) is 61.8 cm³/mol. The Bertz CT molecular complexity index is 352. The average Bonchev–Trinajstić information content (AvgIpc) is 2.42. The highest BCUT2D eigenvalue weighted by Gasteiger charge is 2.21. The minimum absolute atomic E-state index is 0.199. The molecule has 2 atom stereocenters. The van der Waals surface area contributed by atoms with Crippen molar-refractivity contribution in [1.82, 2.24) is 9.55 Å². The summed E-state index contributed by atoms with van der Waals surface area (Å²) in [6.45, 7) is 4.35. The molecule has 1 aliphatic carbocycles. The number of hydrogen-bond acceptors (Lipinski definition) is 2. The molecule has 1 aromatic heterocycles. The molecule has 0 amide bonds. The van der Waals surface area contributed by atoms with Gasteiger partial charge in [0, 0.05) is 25.2 Å². The van der Waals surface area contributed by atoms with Crippen molar-refractivity contribution in [3.63, 3.8) is 0 Å². The summed E-state index contributed by atoms with van der Waals surface area (Å²) in [5.41, 5.74) is 8.57. The zero-order chi connectivity index (χ0) is 11.0. The first-order chi connectivity index (χ1) is 7.08. The summed E-state index contributed by atoms with van der Waals surface area (Å²) < 4.78 is 2.25. The summed E-state index contributed by atoms with van der Waals surface area (Å²) in [4.78, 5) is 4.72. The Hall–Kier alpha value is -0.830. The van der Waals surface area contributed by atoms with Gasteiger partial charge in [0.1, 0.15) is 5.82 Å². The van der Waals surface area contributed by atoms with Gasteiger partial charge in [-0.2, -0.15) is 0 Å². The molecular weight excluding hydrogens is 186 g/mol. The smallest absolute Gasteiger partial charge is 0.110 e. The molecule has 0 radical (unpaired) electrons. The molecule has 0 fully saturated rings. The molecule has 2 rings (SSSR count). The van der Waals surface area contributed by atoms with Gasteiger partial charge in [0.05, 0.1) is 5.69 Å². The number of nitrogens with two attached hydrogens (primary N) is 1. The van der Waals surface area contributed by atoms with Crippen molar-refractivity contribution in [1.29, 1.82) is 0 Å². The van der Waals surface area contributed by atoms with Crippen LogP contribution in [0.1, 0.15) is 37.5 Å². The molecule has 0 spiro atoms. The van der Waals surface area contributed by atoms with E-state index in [4.69, 9.17) is 10.7 Å². The molecule has 2 N–H and O–H groups in total. The third-order valence-corrected chi connectivity index (χ3v) is 3.31. The van der Waals surface area contributed by atoms with E-state index in [2.05, 4.69) is 18.5 Å². The topological polar surface area (TPSA) is 43.8 Å². The highest BCUT2D eigenvalue weighted by atomic mass is 15.1. The number of imidazole rings is 1. The molecule has 2 unspecified atom stereocenters. The fourth-order valence-electron chi connectivity index (χ4n) is 2.41. The third-order valence-electron chi connectivity index (χ3n) is 3.31. The van der Waals surface area contributed by atoms with Crippen LogP contribution in [0.3, 0.4) is 0 Å². The van der Waals surface area contributed by atoms with Crippen molar-refractivity contribution in [3.8, 4) is 0 Å². The summed E-state index contributed by atoms with van der Waals surface area (Å²) in [5, 5.41) is 0. The lowest BCUT2D eigenvalue weighted by molar-refractivity contribution is 0.484. The third kappa shape index (κ3) is 2.07. The summed E-state index contributed by atoms with van der Waals surface area (Å²) >= 11 is 0. The number of fused-ring (bicyclic) bond motifs is 1. The van der Waals surface area contributed by atoms with Crippen LogP contribution in [0.25, 0.3) is 0 Å². The Morgan fingerprint density at radius 1 is 1.60 bits per heavy atom. The predicted octanol–water partition coefficient (Wildman–Crippen LogP) is 1.43. The van der Waals surface area contributed by atoms with Crippen LogP contribution in [0.2, 0.25) is 0 Å². The second-order valence-electron chi connectivity index (χ2n) is 5.01. The van der Waals surface area contributed by atoms with Gasteiger partial charge in [-0.3, -0.25) is 0 Å². The van der Waals surface area contributed by atoms with E-state index >= 15 is 0 Å². The highest BCUT2D eigenvalue weighted by molar-refractivity contribution is 5.21. The van der Waals surface area contributed by atoms with Crippen LogP contribution in [-0.4, -0.2) is 15.6 Å². The zero-order valence-electron chi connectivity index (χ0n) is 9.95. The summed E-state index contributed by atoms with van der Waals surface area (Å²) in [7, 11) is 2.12. The molecule has 15 heavy (non-hydrogen) atoms. The molecular formula is C12H21N3. The lowest BCUT2D eigenvalue weighted by Crippen LogP contribution is -2.20. The summed E-state index contributed by atoms with van der Waals surface area (Å²) in [6, 6.07) is 0.199. The molecule has 3 nitrogen and oxygen atoms in total. The van der Waals surface area contributed by atoms with E-state index in [9.17, 15) is 0 Å². The van der Waals surface area contributed by atoms with Gasteiger partial charge in [-0.25, -0.2) is 4.98 Å². The fraction of sp³-hybridized carbons (Fsp3) is 0.750. The molecule has 0 saturated heterocycles. The largest absolute Gasteiger partial charge is 0.335 e. The van der Waals surface area contributed by atoms with Crippen LogP contribution in [-0.2, 0) is 26.3 Å². The maximum absolute atomic E-state index is 5.83. The second-order valence-corrected chi connectivity index (χ2v) is 5.01. The second kappa shape index (κ2) is 3.97. The number of rotatable bonds is 2.